The van der Waals surface area contributed by atoms with Crippen molar-refractivity contribution in [2.24, 2.45) is 0 Å². The zero-order chi connectivity index (χ0) is 15.7. The third-order valence-corrected chi connectivity index (χ3v) is 4.03. The lowest BCUT2D eigenvalue weighted by Crippen LogP contribution is -1.95. The van der Waals surface area contributed by atoms with Crippen molar-refractivity contribution in [3.63, 3.8) is 0 Å². The molecule has 0 spiro atoms. The minimum Gasteiger partial charge on any atom is -0.497 e. The van der Waals surface area contributed by atoms with Gasteiger partial charge in [-0.25, -0.2) is 0 Å². The Morgan fingerprint density at radius 1 is 1.18 bits per heavy atom. The Balaban J connectivity index is 2.11. The summed E-state index contributed by atoms with van der Waals surface area (Å²) in [5, 5.41) is 11.3. The van der Waals surface area contributed by atoms with Gasteiger partial charge in [-0.3, -0.25) is 10.1 Å². The first-order valence-corrected chi connectivity index (χ1v) is 7.53. The van der Waals surface area contributed by atoms with E-state index in [-0.39, 0.29) is 11.4 Å². The molecule has 7 nitrogen and oxygen atoms in total. The molecule has 0 aliphatic rings. The number of hydrogen-bond acceptors (Lipinski definition) is 7. The van der Waals surface area contributed by atoms with Gasteiger partial charge < -0.3 is 9.47 Å². The molecule has 3 aromatic rings. The summed E-state index contributed by atoms with van der Waals surface area (Å²) in [5.74, 6) is 1.18. The van der Waals surface area contributed by atoms with Gasteiger partial charge in [-0.1, -0.05) is 0 Å². The minimum atomic E-state index is -0.512. The van der Waals surface area contributed by atoms with Crippen molar-refractivity contribution < 1.29 is 14.4 Å². The Hall–Kier alpha value is -2.26. The summed E-state index contributed by atoms with van der Waals surface area (Å²) in [6, 6.07) is 8.10. The van der Waals surface area contributed by atoms with Gasteiger partial charge in [0.05, 0.1) is 28.2 Å². The van der Waals surface area contributed by atoms with Crippen LogP contribution in [0.3, 0.4) is 0 Å². The first-order valence-electron chi connectivity index (χ1n) is 6.01. The second-order valence-electron chi connectivity index (χ2n) is 4.20. The Labute approximate surface area is 137 Å². The van der Waals surface area contributed by atoms with Crippen LogP contribution in [0.15, 0.2) is 34.8 Å². The SMILES string of the molecule is COc1ccc(Oc2c([N+](=O)[O-])cc(Br)c3nsnc23)cc1. The fourth-order valence-electron chi connectivity index (χ4n) is 1.87. The largest absolute Gasteiger partial charge is 0.497 e. The van der Waals surface area contributed by atoms with Crippen LogP contribution < -0.4 is 9.47 Å². The molecule has 0 radical (unpaired) electrons. The molecule has 0 aliphatic heterocycles. The molecule has 0 bridgehead atoms. The van der Waals surface area contributed by atoms with Crippen molar-refractivity contribution in [1.82, 2.24) is 8.75 Å². The number of nitrogens with zero attached hydrogens (tertiary/aromatic N) is 3. The van der Waals surface area contributed by atoms with Crippen LogP contribution >= 0.6 is 27.7 Å². The number of rotatable bonds is 4. The summed E-state index contributed by atoms with van der Waals surface area (Å²) in [4.78, 5) is 10.8. The highest BCUT2D eigenvalue weighted by atomic mass is 79.9. The zero-order valence-corrected chi connectivity index (χ0v) is 13.6. The van der Waals surface area contributed by atoms with Gasteiger partial charge in [-0.2, -0.15) is 8.75 Å². The maximum absolute atomic E-state index is 11.3. The van der Waals surface area contributed by atoms with E-state index < -0.39 is 4.92 Å². The highest BCUT2D eigenvalue weighted by Crippen LogP contribution is 2.41. The number of methoxy groups -OCH3 is 1. The van der Waals surface area contributed by atoms with E-state index in [1.165, 1.54) is 6.07 Å². The summed E-state index contributed by atoms with van der Waals surface area (Å²) < 4.78 is 19.5. The zero-order valence-electron chi connectivity index (χ0n) is 11.1. The highest BCUT2D eigenvalue weighted by molar-refractivity contribution is 9.10. The molecule has 1 aromatic heterocycles. The number of hydrogen-bond donors (Lipinski definition) is 0. The maximum Gasteiger partial charge on any atom is 0.315 e. The van der Waals surface area contributed by atoms with Crippen molar-refractivity contribution in [2.75, 3.05) is 7.11 Å². The molecule has 0 atom stereocenters. The molecule has 0 aliphatic carbocycles. The molecule has 0 saturated heterocycles. The van der Waals surface area contributed by atoms with Crippen LogP contribution in [0.1, 0.15) is 0 Å². The van der Waals surface area contributed by atoms with Gasteiger partial charge in [0.15, 0.2) is 5.52 Å². The minimum absolute atomic E-state index is 0.0714. The van der Waals surface area contributed by atoms with E-state index in [4.69, 9.17) is 9.47 Å². The number of aromatic nitrogens is 2. The monoisotopic (exact) mass is 381 g/mol. The molecule has 0 N–H and O–H groups in total. The third-order valence-electron chi connectivity index (χ3n) is 2.90. The van der Waals surface area contributed by atoms with Crippen LogP contribution in [0.25, 0.3) is 11.0 Å². The normalized spacial score (nSPS) is 10.6. The maximum atomic E-state index is 11.3. The van der Waals surface area contributed by atoms with Crippen LogP contribution in [0, 0.1) is 10.1 Å². The second kappa shape index (κ2) is 5.85. The Bertz CT molecular complexity index is 850. The van der Waals surface area contributed by atoms with Crippen LogP contribution in [0.2, 0.25) is 0 Å². The third kappa shape index (κ3) is 2.60. The van der Waals surface area contributed by atoms with Crippen LogP contribution in [-0.4, -0.2) is 20.8 Å². The van der Waals surface area contributed by atoms with Gasteiger partial charge in [0.2, 0.25) is 5.75 Å². The van der Waals surface area contributed by atoms with Crippen LogP contribution in [-0.2, 0) is 0 Å². The highest BCUT2D eigenvalue weighted by Gasteiger charge is 2.24. The molecule has 3 rings (SSSR count). The van der Waals surface area contributed by atoms with Crippen molar-refractivity contribution >= 4 is 44.4 Å². The van der Waals surface area contributed by atoms with Gasteiger partial charge in [-0.05, 0) is 40.2 Å². The van der Waals surface area contributed by atoms with Gasteiger partial charge in [0.25, 0.3) is 0 Å². The summed E-state index contributed by atoms with van der Waals surface area (Å²) in [6.45, 7) is 0. The van der Waals surface area contributed by atoms with Crippen molar-refractivity contribution in [1.29, 1.82) is 0 Å². The van der Waals surface area contributed by atoms with Crippen LogP contribution in [0.5, 0.6) is 17.2 Å². The summed E-state index contributed by atoms with van der Waals surface area (Å²) in [6.07, 6.45) is 0. The number of nitro benzene ring substituents is 1. The predicted molar refractivity (Wildman–Crippen MR) is 84.8 cm³/mol. The lowest BCUT2D eigenvalue weighted by atomic mass is 10.2. The van der Waals surface area contributed by atoms with E-state index in [1.807, 2.05) is 0 Å². The molecule has 9 heteroatoms. The predicted octanol–water partition coefficient (Wildman–Crippen LogP) is 4.16. The van der Waals surface area contributed by atoms with E-state index in [2.05, 4.69) is 24.7 Å². The number of nitro groups is 1. The molecule has 22 heavy (non-hydrogen) atoms. The number of benzene rings is 2. The van der Waals surface area contributed by atoms with E-state index in [9.17, 15) is 10.1 Å². The summed E-state index contributed by atoms with van der Waals surface area (Å²) in [5.41, 5.74) is 0.698. The molecule has 2 aromatic carbocycles. The standard InChI is InChI=1S/C13H8BrN3O4S/c1-20-7-2-4-8(5-3-7)21-13-10(17(18)19)6-9(14)11-12(13)16-22-15-11/h2-6H,1H3. The lowest BCUT2D eigenvalue weighted by Gasteiger charge is -2.08. The molecular formula is C13H8BrN3O4S. The van der Waals surface area contributed by atoms with Gasteiger partial charge in [-0.15, -0.1) is 0 Å². The number of ether oxygens (including phenoxy) is 2. The Kier molecular flexibility index (Phi) is 3.90. The van der Waals surface area contributed by atoms with Crippen molar-refractivity contribution in [2.45, 2.75) is 0 Å². The molecule has 0 unspecified atom stereocenters. The summed E-state index contributed by atoms with van der Waals surface area (Å²) >= 11 is 4.23. The smallest absolute Gasteiger partial charge is 0.315 e. The van der Waals surface area contributed by atoms with E-state index in [0.29, 0.717) is 27.0 Å². The molecular weight excluding hydrogens is 374 g/mol. The van der Waals surface area contributed by atoms with Gasteiger partial charge >= 0.3 is 5.69 Å². The lowest BCUT2D eigenvalue weighted by molar-refractivity contribution is -0.385. The average molecular weight is 382 g/mol. The first-order chi connectivity index (χ1) is 10.6. The fourth-order valence-corrected chi connectivity index (χ4v) is 3.04. The topological polar surface area (TPSA) is 87.4 Å². The van der Waals surface area contributed by atoms with Crippen molar-refractivity contribution in [3.05, 3.63) is 44.9 Å². The number of halogens is 1. The average Bonchev–Trinajstić information content (AvgIpc) is 3.00. The number of fused-ring (bicyclic) bond motifs is 1. The van der Waals surface area contributed by atoms with E-state index >= 15 is 0 Å². The van der Waals surface area contributed by atoms with Crippen LogP contribution in [0.4, 0.5) is 5.69 Å². The van der Waals surface area contributed by atoms with E-state index in [1.54, 1.807) is 31.4 Å². The Morgan fingerprint density at radius 3 is 2.45 bits per heavy atom. The summed E-state index contributed by atoms with van der Waals surface area (Å²) in [7, 11) is 1.56. The first kappa shape index (κ1) is 14.7. The molecule has 112 valence electrons. The quantitative estimate of drug-likeness (QED) is 0.497. The molecule has 1 heterocycles. The van der Waals surface area contributed by atoms with Gasteiger partial charge in [0, 0.05) is 6.07 Å². The molecule has 0 fully saturated rings. The van der Waals surface area contributed by atoms with Gasteiger partial charge in [0.1, 0.15) is 17.0 Å². The molecule has 0 saturated carbocycles. The second-order valence-corrected chi connectivity index (χ2v) is 5.59. The fraction of sp³-hybridized carbons (Fsp3) is 0.0769. The van der Waals surface area contributed by atoms with Crippen molar-refractivity contribution in [3.8, 4) is 17.2 Å². The Morgan fingerprint density at radius 2 is 1.82 bits per heavy atom. The molecule has 0 amide bonds. The van der Waals surface area contributed by atoms with E-state index in [0.717, 1.165) is 11.7 Å².